The molecule has 0 aliphatic carbocycles. The molecule has 31 heavy (non-hydrogen) atoms. The molecule has 2 N–H and O–H groups in total. The number of aromatic hydroxyl groups is 1. The molecular formula is C23H27NO7. The van der Waals surface area contributed by atoms with Crippen LogP contribution < -0.4 is 18.9 Å². The number of rotatable bonds is 6. The lowest BCUT2D eigenvalue weighted by Crippen LogP contribution is -2.37. The Hall–Kier alpha value is -3.10. The van der Waals surface area contributed by atoms with Crippen LogP contribution in [0.5, 0.6) is 28.7 Å². The van der Waals surface area contributed by atoms with Gasteiger partial charge in [0.1, 0.15) is 0 Å². The van der Waals surface area contributed by atoms with Gasteiger partial charge in [0.2, 0.25) is 5.75 Å². The molecule has 1 unspecified atom stereocenters. The monoisotopic (exact) mass is 429 g/mol. The van der Waals surface area contributed by atoms with Gasteiger partial charge in [-0.15, -0.1) is 0 Å². The first-order valence-electron chi connectivity index (χ1n) is 9.91. The number of methoxy groups -OCH3 is 5. The van der Waals surface area contributed by atoms with Crippen LogP contribution in [0.4, 0.5) is 0 Å². The first kappa shape index (κ1) is 21.1. The summed E-state index contributed by atoms with van der Waals surface area (Å²) in [4.78, 5) is 2.14. The minimum atomic E-state index is -0.405. The average molecular weight is 429 g/mol. The number of ether oxygens (including phenoxy) is 5. The van der Waals surface area contributed by atoms with Crippen LogP contribution in [-0.4, -0.2) is 57.2 Å². The Morgan fingerprint density at radius 1 is 0.968 bits per heavy atom. The third-order valence-corrected chi connectivity index (χ3v) is 5.95. The highest BCUT2D eigenvalue weighted by atomic mass is 16.5. The van der Waals surface area contributed by atoms with Crippen LogP contribution in [0.3, 0.4) is 0 Å². The summed E-state index contributed by atoms with van der Waals surface area (Å²) < 4.78 is 28.1. The molecule has 2 aromatic rings. The van der Waals surface area contributed by atoms with Crippen molar-refractivity contribution in [2.45, 2.75) is 19.3 Å². The van der Waals surface area contributed by atoms with Crippen LogP contribution in [0.2, 0.25) is 0 Å². The number of hydrogen-bond donors (Lipinski definition) is 2. The van der Waals surface area contributed by atoms with Crippen LogP contribution in [0.15, 0.2) is 12.1 Å². The van der Waals surface area contributed by atoms with E-state index in [1.165, 1.54) is 7.11 Å². The minimum absolute atomic E-state index is 0.0362. The van der Waals surface area contributed by atoms with Gasteiger partial charge in [0.25, 0.3) is 0 Å². The van der Waals surface area contributed by atoms with Crippen LogP contribution >= 0.6 is 0 Å². The molecule has 8 heteroatoms. The molecule has 2 aliphatic rings. The first-order valence-corrected chi connectivity index (χ1v) is 9.91. The number of fused-ring (bicyclic) bond motifs is 4. The van der Waals surface area contributed by atoms with Crippen molar-refractivity contribution in [3.63, 3.8) is 0 Å². The number of aliphatic hydroxyl groups excluding tert-OH is 1. The van der Waals surface area contributed by atoms with Crippen molar-refractivity contribution in [1.29, 1.82) is 0 Å². The van der Waals surface area contributed by atoms with Gasteiger partial charge in [-0.25, -0.2) is 0 Å². The van der Waals surface area contributed by atoms with Gasteiger partial charge in [-0.1, -0.05) is 0 Å². The van der Waals surface area contributed by atoms with E-state index in [1.807, 2.05) is 12.1 Å². The lowest BCUT2D eigenvalue weighted by atomic mass is 9.86. The number of phenols is 1. The molecule has 8 nitrogen and oxygen atoms in total. The summed E-state index contributed by atoms with van der Waals surface area (Å²) in [5.41, 5.74) is 4.93. The summed E-state index contributed by atoms with van der Waals surface area (Å²) in [5.74, 6) is 1.78. The fraction of sp³-hybridized carbons (Fsp3) is 0.391. The molecule has 2 aliphatic heterocycles. The molecule has 0 bridgehead atoms. The second-order valence-electron chi connectivity index (χ2n) is 7.31. The van der Waals surface area contributed by atoms with E-state index in [1.54, 1.807) is 34.5 Å². The summed E-state index contributed by atoms with van der Waals surface area (Å²) in [6.45, 7) is 0.445. The van der Waals surface area contributed by atoms with Gasteiger partial charge >= 0.3 is 0 Å². The summed E-state index contributed by atoms with van der Waals surface area (Å²) in [7, 11) is 7.81. The van der Waals surface area contributed by atoms with Crippen molar-refractivity contribution < 1.29 is 33.9 Å². The Bertz CT molecular complexity index is 1050. The Balaban J connectivity index is 2.05. The van der Waals surface area contributed by atoms with Gasteiger partial charge in [-0.3, -0.25) is 0 Å². The standard InChI is InChI=1S/C23H27NO7/c1-27-18-10-14-13(15(11-25)20(18)28-2)9-16-19-12(6-7-24(16)23(14)31-5)8-17(26)21(29-3)22(19)30-4/h8-10,23,25-26H,6-7,11H2,1-5H3. The topological polar surface area (TPSA) is 89.9 Å². The van der Waals surface area contributed by atoms with E-state index in [2.05, 4.69) is 4.90 Å². The molecule has 166 valence electrons. The highest BCUT2D eigenvalue weighted by molar-refractivity contribution is 5.91. The van der Waals surface area contributed by atoms with Crippen molar-refractivity contribution in [2.24, 2.45) is 0 Å². The van der Waals surface area contributed by atoms with Crippen molar-refractivity contribution in [3.8, 4) is 28.7 Å². The number of aliphatic hydroxyl groups is 1. The van der Waals surface area contributed by atoms with Crippen LogP contribution in [0.1, 0.15) is 34.0 Å². The van der Waals surface area contributed by atoms with Crippen LogP contribution in [0, 0.1) is 0 Å². The summed E-state index contributed by atoms with van der Waals surface area (Å²) in [5, 5.41) is 20.6. The van der Waals surface area contributed by atoms with Gasteiger partial charge in [-0.2, -0.15) is 0 Å². The van der Waals surface area contributed by atoms with Crippen LogP contribution in [-0.2, 0) is 17.8 Å². The highest BCUT2D eigenvalue weighted by Crippen LogP contribution is 2.52. The quantitative estimate of drug-likeness (QED) is 0.725. The van der Waals surface area contributed by atoms with E-state index in [0.29, 0.717) is 35.8 Å². The maximum Gasteiger partial charge on any atom is 0.203 e. The zero-order valence-corrected chi connectivity index (χ0v) is 18.3. The molecule has 0 amide bonds. The molecule has 1 atom stereocenters. The van der Waals surface area contributed by atoms with E-state index < -0.39 is 6.23 Å². The smallest absolute Gasteiger partial charge is 0.203 e. The lowest BCUT2D eigenvalue weighted by Gasteiger charge is -2.43. The van der Waals surface area contributed by atoms with E-state index in [9.17, 15) is 10.2 Å². The molecule has 0 aromatic heterocycles. The van der Waals surface area contributed by atoms with Gasteiger partial charge < -0.3 is 38.8 Å². The number of benzene rings is 2. The maximum atomic E-state index is 10.4. The SMILES string of the molecule is COc1cc2c(c(CO)c1OC)C=C1c3c(cc(O)c(OC)c3OC)CCN1C2OC. The van der Waals surface area contributed by atoms with Crippen LogP contribution in [0.25, 0.3) is 11.8 Å². The minimum Gasteiger partial charge on any atom is -0.504 e. The molecule has 2 aromatic carbocycles. The van der Waals surface area contributed by atoms with Crippen molar-refractivity contribution >= 4 is 11.8 Å². The van der Waals surface area contributed by atoms with E-state index in [-0.39, 0.29) is 18.1 Å². The van der Waals surface area contributed by atoms with E-state index in [0.717, 1.165) is 28.0 Å². The van der Waals surface area contributed by atoms with Crippen molar-refractivity contribution in [2.75, 3.05) is 42.1 Å². The number of hydrogen-bond acceptors (Lipinski definition) is 8. The third-order valence-electron chi connectivity index (χ3n) is 5.95. The molecule has 0 saturated heterocycles. The zero-order chi connectivity index (χ0) is 22.3. The highest BCUT2D eigenvalue weighted by Gasteiger charge is 2.38. The fourth-order valence-corrected chi connectivity index (χ4v) is 4.65. The second-order valence-corrected chi connectivity index (χ2v) is 7.31. The second kappa shape index (κ2) is 8.20. The number of nitrogens with zero attached hydrogens (tertiary/aromatic N) is 1. The van der Waals surface area contributed by atoms with Gasteiger partial charge in [0.15, 0.2) is 29.2 Å². The lowest BCUT2D eigenvalue weighted by molar-refractivity contribution is -0.00338. The molecule has 0 saturated carbocycles. The Morgan fingerprint density at radius 3 is 2.26 bits per heavy atom. The summed E-state index contributed by atoms with van der Waals surface area (Å²) >= 11 is 0. The summed E-state index contributed by atoms with van der Waals surface area (Å²) in [6.07, 6.45) is 2.28. The molecule has 0 fully saturated rings. The fourth-order valence-electron chi connectivity index (χ4n) is 4.65. The number of phenolic OH excluding ortho intramolecular Hbond substituents is 1. The predicted molar refractivity (Wildman–Crippen MR) is 115 cm³/mol. The average Bonchev–Trinajstić information content (AvgIpc) is 2.79. The van der Waals surface area contributed by atoms with Gasteiger partial charge in [0, 0.05) is 30.3 Å². The zero-order valence-electron chi connectivity index (χ0n) is 18.3. The van der Waals surface area contributed by atoms with Crippen molar-refractivity contribution in [1.82, 2.24) is 4.90 Å². The molecule has 2 heterocycles. The van der Waals surface area contributed by atoms with E-state index >= 15 is 0 Å². The van der Waals surface area contributed by atoms with Crippen molar-refractivity contribution in [3.05, 3.63) is 39.9 Å². The Kier molecular flexibility index (Phi) is 5.60. The molecular weight excluding hydrogens is 402 g/mol. The Morgan fingerprint density at radius 2 is 1.68 bits per heavy atom. The van der Waals surface area contributed by atoms with E-state index in [4.69, 9.17) is 23.7 Å². The summed E-state index contributed by atoms with van der Waals surface area (Å²) in [6, 6.07) is 3.60. The maximum absolute atomic E-state index is 10.4. The predicted octanol–water partition coefficient (Wildman–Crippen LogP) is 2.93. The van der Waals surface area contributed by atoms with Gasteiger partial charge in [0.05, 0.1) is 40.7 Å². The Labute approximate surface area is 181 Å². The largest absolute Gasteiger partial charge is 0.504 e. The molecule has 0 spiro atoms. The molecule has 4 rings (SSSR count). The van der Waals surface area contributed by atoms with Gasteiger partial charge in [-0.05, 0) is 35.8 Å². The normalized spacial score (nSPS) is 16.6. The molecule has 0 radical (unpaired) electrons. The first-order chi connectivity index (χ1) is 15.0. The third kappa shape index (κ3) is 3.05.